The highest BCUT2D eigenvalue weighted by atomic mass is 16.6. The van der Waals surface area contributed by atoms with Crippen molar-refractivity contribution in [2.24, 2.45) is 0 Å². The summed E-state index contributed by atoms with van der Waals surface area (Å²) in [5.74, 6) is -1.20. The molecule has 0 unspecified atom stereocenters. The number of nitrogens with one attached hydrogen (secondary N) is 1. The average Bonchev–Trinajstić information content (AvgIpc) is 2.75. The fraction of sp³-hybridized carbons (Fsp3) is 0.333. The first-order valence-electron chi connectivity index (χ1n) is 9.77. The van der Waals surface area contributed by atoms with E-state index >= 15 is 0 Å². The van der Waals surface area contributed by atoms with Crippen molar-refractivity contribution in [2.45, 2.75) is 38.0 Å². The maximum Gasteiger partial charge on any atom is 0.344 e. The average molecular weight is 427 g/mol. The molecular formula is C24H29NO6. The fourth-order valence-corrected chi connectivity index (χ4v) is 2.80. The number of carbonyl (C=O) groups excluding carboxylic acids is 2. The van der Waals surface area contributed by atoms with E-state index in [1.54, 1.807) is 63.2 Å². The third-order valence-electron chi connectivity index (χ3n) is 4.33. The molecule has 0 saturated heterocycles. The molecule has 2 aromatic carbocycles. The van der Waals surface area contributed by atoms with Crippen molar-refractivity contribution in [2.75, 3.05) is 19.5 Å². The van der Waals surface area contributed by atoms with Crippen molar-refractivity contribution in [3.05, 3.63) is 66.2 Å². The summed E-state index contributed by atoms with van der Waals surface area (Å²) < 4.78 is 15.5. The molecule has 31 heavy (non-hydrogen) atoms. The van der Waals surface area contributed by atoms with Crippen LogP contribution in [0.2, 0.25) is 0 Å². The summed E-state index contributed by atoms with van der Waals surface area (Å²) in [7, 11) is 2.68. The van der Waals surface area contributed by atoms with Crippen LogP contribution in [0.4, 0.5) is 5.69 Å². The van der Waals surface area contributed by atoms with Crippen LogP contribution in [0, 0.1) is 0 Å². The Bertz CT molecular complexity index is 902. The molecule has 0 aliphatic heterocycles. The van der Waals surface area contributed by atoms with Gasteiger partial charge in [-0.2, -0.15) is 0 Å². The quantitative estimate of drug-likeness (QED) is 0.623. The van der Waals surface area contributed by atoms with Crippen molar-refractivity contribution in [3.63, 3.8) is 0 Å². The zero-order valence-electron chi connectivity index (χ0n) is 18.4. The zero-order chi connectivity index (χ0) is 23.1. The van der Waals surface area contributed by atoms with Gasteiger partial charge < -0.3 is 24.6 Å². The molecule has 0 saturated carbocycles. The van der Waals surface area contributed by atoms with E-state index in [0.29, 0.717) is 11.4 Å². The van der Waals surface area contributed by atoms with Crippen LogP contribution in [0.15, 0.2) is 60.7 Å². The summed E-state index contributed by atoms with van der Waals surface area (Å²) >= 11 is 0. The van der Waals surface area contributed by atoms with Crippen molar-refractivity contribution in [3.8, 4) is 5.75 Å². The molecule has 2 rings (SSSR count). The predicted octanol–water partition coefficient (Wildman–Crippen LogP) is 3.43. The minimum Gasteiger partial charge on any atom is -0.497 e. The lowest BCUT2D eigenvalue weighted by molar-refractivity contribution is -0.171. The maximum atomic E-state index is 13.1. The van der Waals surface area contributed by atoms with Gasteiger partial charge in [0.05, 0.1) is 14.2 Å². The summed E-state index contributed by atoms with van der Waals surface area (Å²) in [6.45, 7) is 5.10. The number of hydrogen-bond donors (Lipinski definition) is 2. The summed E-state index contributed by atoms with van der Waals surface area (Å²) in [5, 5.41) is 14.3. The number of esters is 2. The first-order valence-corrected chi connectivity index (χ1v) is 9.77. The van der Waals surface area contributed by atoms with E-state index in [1.807, 2.05) is 18.2 Å². The third kappa shape index (κ3) is 6.58. The first-order chi connectivity index (χ1) is 14.6. The van der Waals surface area contributed by atoms with Gasteiger partial charge in [-0.1, -0.05) is 36.4 Å². The number of ether oxygens (including phenoxy) is 3. The summed E-state index contributed by atoms with van der Waals surface area (Å²) in [6.07, 6.45) is 2.78. The van der Waals surface area contributed by atoms with Gasteiger partial charge in [-0.3, -0.25) is 0 Å². The Hall–Kier alpha value is -3.32. The topological polar surface area (TPSA) is 94.1 Å². The Balaban J connectivity index is 2.49. The first kappa shape index (κ1) is 24.0. The van der Waals surface area contributed by atoms with Gasteiger partial charge in [0.25, 0.3) is 0 Å². The number of hydrogen-bond acceptors (Lipinski definition) is 7. The van der Waals surface area contributed by atoms with E-state index in [2.05, 4.69) is 5.32 Å². The highest BCUT2D eigenvalue weighted by molar-refractivity contribution is 5.94. The molecule has 7 nitrogen and oxygen atoms in total. The molecular weight excluding hydrogens is 398 g/mol. The van der Waals surface area contributed by atoms with Crippen LogP contribution in [0.25, 0.3) is 6.08 Å². The van der Waals surface area contributed by atoms with Crippen molar-refractivity contribution >= 4 is 23.7 Å². The molecule has 166 valence electrons. The largest absolute Gasteiger partial charge is 0.497 e. The zero-order valence-corrected chi connectivity index (χ0v) is 18.4. The normalized spacial score (nSPS) is 14.4. The number of rotatable bonds is 8. The molecule has 0 bridgehead atoms. The van der Waals surface area contributed by atoms with E-state index < -0.39 is 29.2 Å². The minimum absolute atomic E-state index is 0.479. The van der Waals surface area contributed by atoms with Crippen LogP contribution in [0.5, 0.6) is 5.75 Å². The molecule has 2 aromatic rings. The van der Waals surface area contributed by atoms with Gasteiger partial charge in [-0.05, 0) is 56.7 Å². The fourth-order valence-electron chi connectivity index (χ4n) is 2.80. The van der Waals surface area contributed by atoms with Gasteiger partial charge in [-0.25, -0.2) is 9.59 Å². The second-order valence-electron chi connectivity index (χ2n) is 7.90. The van der Waals surface area contributed by atoms with Crippen LogP contribution >= 0.6 is 0 Å². The molecule has 0 amide bonds. The van der Waals surface area contributed by atoms with Gasteiger partial charge in [0.1, 0.15) is 11.4 Å². The SMILES string of the molecule is COC(=O)[C@@](O)(/C=C/c1ccccc1)[C@H](Nc1ccc(OC)cc1)C(=O)OC(C)(C)C. The predicted molar refractivity (Wildman–Crippen MR) is 119 cm³/mol. The van der Waals surface area contributed by atoms with E-state index in [0.717, 1.165) is 12.7 Å². The number of anilines is 1. The van der Waals surface area contributed by atoms with E-state index in [9.17, 15) is 14.7 Å². The summed E-state index contributed by atoms with van der Waals surface area (Å²) in [6, 6.07) is 14.3. The molecule has 0 fully saturated rings. The van der Waals surface area contributed by atoms with Gasteiger partial charge in [0, 0.05) is 5.69 Å². The van der Waals surface area contributed by atoms with Gasteiger partial charge >= 0.3 is 11.9 Å². The Morgan fingerprint density at radius 2 is 1.61 bits per heavy atom. The molecule has 7 heteroatoms. The molecule has 0 aromatic heterocycles. The molecule has 0 heterocycles. The maximum absolute atomic E-state index is 13.1. The lowest BCUT2D eigenvalue weighted by Gasteiger charge is -2.33. The number of aliphatic hydroxyl groups is 1. The number of methoxy groups -OCH3 is 2. The lowest BCUT2D eigenvalue weighted by Crippen LogP contribution is -2.57. The minimum atomic E-state index is -2.34. The molecule has 0 aliphatic rings. The molecule has 0 radical (unpaired) electrons. The second kappa shape index (κ2) is 10.1. The number of benzene rings is 2. The van der Waals surface area contributed by atoms with Crippen molar-refractivity contribution in [1.82, 2.24) is 0 Å². The third-order valence-corrected chi connectivity index (χ3v) is 4.33. The van der Waals surface area contributed by atoms with Gasteiger partial charge in [0.15, 0.2) is 6.04 Å². The van der Waals surface area contributed by atoms with Crippen LogP contribution < -0.4 is 10.1 Å². The smallest absolute Gasteiger partial charge is 0.344 e. The summed E-state index contributed by atoms with van der Waals surface area (Å²) in [5.41, 5.74) is -1.96. The van der Waals surface area contributed by atoms with Gasteiger partial charge in [0.2, 0.25) is 5.60 Å². The summed E-state index contributed by atoms with van der Waals surface area (Å²) in [4.78, 5) is 25.7. The highest BCUT2D eigenvalue weighted by Crippen LogP contribution is 2.25. The van der Waals surface area contributed by atoms with Crippen LogP contribution in [-0.2, 0) is 19.1 Å². The van der Waals surface area contributed by atoms with E-state index in [1.165, 1.54) is 13.2 Å². The molecule has 2 atom stereocenters. The second-order valence-corrected chi connectivity index (χ2v) is 7.90. The molecule has 2 N–H and O–H groups in total. The van der Waals surface area contributed by atoms with Crippen molar-refractivity contribution < 1.29 is 28.9 Å². The Labute approximate surface area is 182 Å². The molecule has 0 aliphatic carbocycles. The molecule has 0 spiro atoms. The van der Waals surface area contributed by atoms with Crippen LogP contribution in [0.3, 0.4) is 0 Å². The van der Waals surface area contributed by atoms with Crippen molar-refractivity contribution in [1.29, 1.82) is 0 Å². The van der Waals surface area contributed by atoms with Crippen LogP contribution in [0.1, 0.15) is 26.3 Å². The standard InChI is InChI=1S/C24H29NO6/c1-23(2,3)31-21(26)20(25-18-11-13-19(29-4)14-12-18)24(28,22(27)30-5)16-15-17-9-7-6-8-10-17/h6-16,20,25,28H,1-5H3/b16-15+/t20-,24-/m1/s1. The Morgan fingerprint density at radius 1 is 1.00 bits per heavy atom. The monoisotopic (exact) mass is 427 g/mol. The lowest BCUT2D eigenvalue weighted by atomic mass is 9.91. The van der Waals surface area contributed by atoms with E-state index in [4.69, 9.17) is 14.2 Å². The Kier molecular flexibility index (Phi) is 7.83. The Morgan fingerprint density at radius 3 is 2.13 bits per heavy atom. The van der Waals surface area contributed by atoms with Gasteiger partial charge in [-0.15, -0.1) is 0 Å². The highest BCUT2D eigenvalue weighted by Gasteiger charge is 2.49. The van der Waals surface area contributed by atoms with Crippen LogP contribution in [-0.4, -0.2) is 48.5 Å². The number of carbonyl (C=O) groups is 2. The van der Waals surface area contributed by atoms with E-state index in [-0.39, 0.29) is 0 Å².